The van der Waals surface area contributed by atoms with E-state index in [0.717, 1.165) is 17.9 Å². The highest BCUT2D eigenvalue weighted by Crippen LogP contribution is 1.95. The summed E-state index contributed by atoms with van der Waals surface area (Å²) in [6, 6.07) is 0. The van der Waals surface area contributed by atoms with Crippen LogP contribution in [0.3, 0.4) is 0 Å². The first-order valence-corrected chi connectivity index (χ1v) is 2.94. The van der Waals surface area contributed by atoms with Gasteiger partial charge in [-0.2, -0.15) is 0 Å². The van der Waals surface area contributed by atoms with Crippen molar-refractivity contribution in [2.75, 3.05) is 0 Å². The molecule has 0 amide bonds. The van der Waals surface area contributed by atoms with Gasteiger partial charge in [-0.3, -0.25) is 0 Å². The summed E-state index contributed by atoms with van der Waals surface area (Å²) in [6.45, 7) is 5.55. The fourth-order valence-corrected chi connectivity index (χ4v) is 0.720. The van der Waals surface area contributed by atoms with E-state index >= 15 is 0 Å². The van der Waals surface area contributed by atoms with Crippen molar-refractivity contribution in [3.8, 4) is 0 Å². The van der Waals surface area contributed by atoms with Crippen LogP contribution in [0.5, 0.6) is 0 Å². The molecular weight excluding hydrogens is 112 g/mol. The van der Waals surface area contributed by atoms with E-state index < -0.39 is 0 Å². The number of rotatable bonds is 2. The lowest BCUT2D eigenvalue weighted by Gasteiger charge is -1.81. The molecule has 0 fully saturated rings. The topological polar surface area (TPSA) is 28.7 Å². The number of hydrogen-bond acceptors (Lipinski definition) is 1. The Kier molecular flexibility index (Phi) is 1.68. The first-order chi connectivity index (χ1) is 4.33. The normalized spacial score (nSPS) is 9.44. The van der Waals surface area contributed by atoms with E-state index in [4.69, 9.17) is 0 Å². The Morgan fingerprint density at radius 3 is 3.11 bits per heavy atom. The van der Waals surface area contributed by atoms with E-state index in [0.29, 0.717) is 0 Å². The van der Waals surface area contributed by atoms with Gasteiger partial charge in [0.15, 0.2) is 0 Å². The Labute approximate surface area is 54.6 Å². The average Bonchev–Trinajstić information content (AvgIpc) is 2.17. The molecule has 0 saturated carbocycles. The van der Waals surface area contributed by atoms with Gasteiger partial charge >= 0.3 is 0 Å². The largest absolute Gasteiger partial charge is 0.349 e. The van der Waals surface area contributed by atoms with Crippen LogP contribution >= 0.6 is 0 Å². The van der Waals surface area contributed by atoms with Crippen LogP contribution in [0.25, 0.3) is 0 Å². The SMILES string of the molecule is C=CCc1c[nH]c(C)n1. The molecule has 2 heteroatoms. The Morgan fingerprint density at radius 1 is 1.89 bits per heavy atom. The van der Waals surface area contributed by atoms with Crippen LogP contribution < -0.4 is 0 Å². The molecular formula is C7H10N2. The number of imidazole rings is 1. The van der Waals surface area contributed by atoms with Crippen molar-refractivity contribution in [2.24, 2.45) is 0 Å². The molecule has 0 aliphatic rings. The van der Waals surface area contributed by atoms with Gasteiger partial charge in [-0.15, -0.1) is 6.58 Å². The lowest BCUT2D eigenvalue weighted by Crippen LogP contribution is -1.78. The third-order valence-electron chi connectivity index (χ3n) is 1.11. The smallest absolute Gasteiger partial charge is 0.103 e. The van der Waals surface area contributed by atoms with Crippen molar-refractivity contribution in [3.05, 3.63) is 30.4 Å². The van der Waals surface area contributed by atoms with E-state index in [9.17, 15) is 0 Å². The molecule has 9 heavy (non-hydrogen) atoms. The maximum Gasteiger partial charge on any atom is 0.103 e. The predicted octanol–water partition coefficient (Wildman–Crippen LogP) is 1.45. The molecule has 0 spiro atoms. The Balaban J connectivity index is 2.72. The highest BCUT2D eigenvalue weighted by Gasteiger charge is 1.91. The Bertz CT molecular complexity index is 200. The summed E-state index contributed by atoms with van der Waals surface area (Å²) in [6.07, 6.45) is 4.59. The summed E-state index contributed by atoms with van der Waals surface area (Å²) in [7, 11) is 0. The van der Waals surface area contributed by atoms with Crippen LogP contribution in [-0.4, -0.2) is 9.97 Å². The van der Waals surface area contributed by atoms with Crippen molar-refractivity contribution in [1.29, 1.82) is 0 Å². The number of nitrogens with one attached hydrogen (secondary N) is 1. The Hall–Kier alpha value is -1.05. The molecule has 0 aromatic carbocycles. The monoisotopic (exact) mass is 122 g/mol. The number of allylic oxidation sites excluding steroid dienone is 1. The zero-order chi connectivity index (χ0) is 6.69. The molecule has 48 valence electrons. The molecule has 0 aliphatic carbocycles. The van der Waals surface area contributed by atoms with Gasteiger partial charge in [0.25, 0.3) is 0 Å². The second kappa shape index (κ2) is 2.49. The summed E-state index contributed by atoms with van der Waals surface area (Å²) < 4.78 is 0. The molecule has 2 nitrogen and oxygen atoms in total. The number of nitrogens with zero attached hydrogens (tertiary/aromatic N) is 1. The second-order valence-electron chi connectivity index (χ2n) is 1.97. The van der Waals surface area contributed by atoms with Gasteiger partial charge in [-0.25, -0.2) is 4.98 Å². The summed E-state index contributed by atoms with van der Waals surface area (Å²) in [5.74, 6) is 0.965. The van der Waals surface area contributed by atoms with Crippen LogP contribution in [0, 0.1) is 6.92 Å². The van der Waals surface area contributed by atoms with Crippen molar-refractivity contribution in [2.45, 2.75) is 13.3 Å². The molecule has 1 rings (SSSR count). The maximum atomic E-state index is 4.17. The highest BCUT2D eigenvalue weighted by molar-refractivity contribution is 5.03. The van der Waals surface area contributed by atoms with E-state index in [1.807, 2.05) is 19.2 Å². The standard InChI is InChI=1S/C7H10N2/c1-3-4-7-5-8-6(2)9-7/h3,5H,1,4H2,2H3,(H,8,9). The van der Waals surface area contributed by atoms with E-state index in [-0.39, 0.29) is 0 Å². The molecule has 1 aromatic heterocycles. The molecule has 0 radical (unpaired) electrons. The van der Waals surface area contributed by atoms with Crippen LogP contribution in [0.4, 0.5) is 0 Å². The number of hydrogen-bond donors (Lipinski definition) is 1. The third-order valence-corrected chi connectivity index (χ3v) is 1.11. The molecule has 1 aromatic rings. The third kappa shape index (κ3) is 1.42. The Morgan fingerprint density at radius 2 is 2.67 bits per heavy atom. The summed E-state index contributed by atoms with van der Waals surface area (Å²) >= 11 is 0. The number of aryl methyl sites for hydroxylation is 1. The maximum absolute atomic E-state index is 4.17. The molecule has 0 saturated heterocycles. The first-order valence-electron chi connectivity index (χ1n) is 2.94. The molecule has 0 aliphatic heterocycles. The number of aromatic nitrogens is 2. The predicted molar refractivity (Wildman–Crippen MR) is 37.2 cm³/mol. The van der Waals surface area contributed by atoms with Gasteiger partial charge in [0, 0.05) is 12.6 Å². The van der Waals surface area contributed by atoms with Crippen molar-refractivity contribution in [3.63, 3.8) is 0 Å². The van der Waals surface area contributed by atoms with Gasteiger partial charge in [-0.05, 0) is 6.92 Å². The van der Waals surface area contributed by atoms with Crippen molar-refractivity contribution in [1.82, 2.24) is 9.97 Å². The molecule has 0 unspecified atom stereocenters. The summed E-state index contributed by atoms with van der Waals surface area (Å²) in [4.78, 5) is 7.17. The first kappa shape index (κ1) is 6.08. The number of H-pyrrole nitrogens is 1. The van der Waals surface area contributed by atoms with Gasteiger partial charge in [0.1, 0.15) is 5.82 Å². The van der Waals surface area contributed by atoms with Crippen molar-refractivity contribution >= 4 is 0 Å². The minimum Gasteiger partial charge on any atom is -0.349 e. The number of aromatic amines is 1. The quantitative estimate of drug-likeness (QED) is 0.591. The van der Waals surface area contributed by atoms with Crippen LogP contribution in [-0.2, 0) is 6.42 Å². The average molecular weight is 122 g/mol. The van der Waals surface area contributed by atoms with Gasteiger partial charge in [0.05, 0.1) is 5.69 Å². The van der Waals surface area contributed by atoms with Crippen LogP contribution in [0.2, 0.25) is 0 Å². The van der Waals surface area contributed by atoms with Crippen molar-refractivity contribution < 1.29 is 0 Å². The molecule has 0 bridgehead atoms. The minimum atomic E-state index is 0.852. The molecule has 1 heterocycles. The van der Waals surface area contributed by atoms with Crippen LogP contribution in [0.15, 0.2) is 18.9 Å². The summed E-state index contributed by atoms with van der Waals surface area (Å²) in [5, 5.41) is 0. The zero-order valence-corrected chi connectivity index (χ0v) is 5.52. The lowest BCUT2D eigenvalue weighted by molar-refractivity contribution is 1.09. The fourth-order valence-electron chi connectivity index (χ4n) is 0.720. The van der Waals surface area contributed by atoms with Gasteiger partial charge in [0.2, 0.25) is 0 Å². The second-order valence-corrected chi connectivity index (χ2v) is 1.97. The molecule has 0 atom stereocenters. The van der Waals surface area contributed by atoms with Crippen LogP contribution in [0.1, 0.15) is 11.5 Å². The fraction of sp³-hybridized carbons (Fsp3) is 0.286. The van der Waals surface area contributed by atoms with Gasteiger partial charge < -0.3 is 4.98 Å². The van der Waals surface area contributed by atoms with E-state index in [2.05, 4.69) is 16.5 Å². The lowest BCUT2D eigenvalue weighted by atomic mass is 10.3. The summed E-state index contributed by atoms with van der Waals surface area (Å²) in [5.41, 5.74) is 1.06. The van der Waals surface area contributed by atoms with Gasteiger partial charge in [-0.1, -0.05) is 6.08 Å². The molecule has 1 N–H and O–H groups in total. The zero-order valence-electron chi connectivity index (χ0n) is 5.52. The minimum absolute atomic E-state index is 0.852. The van der Waals surface area contributed by atoms with E-state index in [1.165, 1.54) is 0 Å². The highest BCUT2D eigenvalue weighted by atomic mass is 14.9. The van der Waals surface area contributed by atoms with E-state index in [1.54, 1.807) is 0 Å².